The lowest BCUT2D eigenvalue weighted by Gasteiger charge is -2.31. The highest BCUT2D eigenvalue weighted by Gasteiger charge is 2.19. The molecule has 0 unspecified atom stereocenters. The number of guanidine groups is 1. The minimum Gasteiger partial charge on any atom is -0.393 e. The predicted molar refractivity (Wildman–Crippen MR) is 119 cm³/mol. The lowest BCUT2D eigenvalue weighted by molar-refractivity contribution is 0.145. The number of piperidine rings is 1. The van der Waals surface area contributed by atoms with Crippen molar-refractivity contribution < 1.29 is 9.50 Å². The van der Waals surface area contributed by atoms with E-state index in [4.69, 9.17) is 4.99 Å². The van der Waals surface area contributed by atoms with Crippen LogP contribution in [0.15, 0.2) is 40.7 Å². The molecule has 2 aromatic rings. The zero-order valence-electron chi connectivity index (χ0n) is 17.3. The first-order chi connectivity index (χ1) is 14.1. The van der Waals surface area contributed by atoms with Gasteiger partial charge in [0.1, 0.15) is 5.82 Å². The summed E-state index contributed by atoms with van der Waals surface area (Å²) in [6.07, 6.45) is 2.10. The average molecular weight is 419 g/mol. The number of halogens is 1. The van der Waals surface area contributed by atoms with Crippen LogP contribution in [-0.2, 0) is 13.0 Å². The number of nitrogens with one attached hydrogen (secondary N) is 1. The molecule has 1 saturated heterocycles. The van der Waals surface area contributed by atoms with Crippen molar-refractivity contribution in [1.29, 1.82) is 0 Å². The molecule has 2 N–H and O–H groups in total. The standard InChI is InChI=1S/C22H31FN4OS/c1-3-24-22(26(2)11-10-19-5-4-14-29-19)25-16-17-6-7-21(20(23)15-17)27-12-8-18(28)9-13-27/h4-7,14-15,18,28H,3,8-13,16H2,1-2H3,(H,24,25). The summed E-state index contributed by atoms with van der Waals surface area (Å²) in [7, 11) is 2.03. The van der Waals surface area contributed by atoms with Crippen molar-refractivity contribution in [3.05, 3.63) is 52.0 Å². The summed E-state index contributed by atoms with van der Waals surface area (Å²) in [5.41, 5.74) is 1.47. The van der Waals surface area contributed by atoms with Gasteiger partial charge in [-0.1, -0.05) is 12.1 Å². The molecule has 0 saturated carbocycles. The summed E-state index contributed by atoms with van der Waals surface area (Å²) < 4.78 is 14.7. The van der Waals surface area contributed by atoms with Crippen LogP contribution in [0.25, 0.3) is 0 Å². The fourth-order valence-electron chi connectivity index (χ4n) is 3.49. The highest BCUT2D eigenvalue weighted by Crippen LogP contribution is 2.24. The molecule has 1 aromatic heterocycles. The van der Waals surface area contributed by atoms with Crippen molar-refractivity contribution in [2.75, 3.05) is 38.1 Å². The van der Waals surface area contributed by atoms with E-state index in [1.165, 1.54) is 4.88 Å². The Morgan fingerprint density at radius 3 is 2.79 bits per heavy atom. The Morgan fingerprint density at radius 1 is 1.34 bits per heavy atom. The molecule has 29 heavy (non-hydrogen) atoms. The van der Waals surface area contributed by atoms with Gasteiger partial charge in [0.05, 0.1) is 18.3 Å². The van der Waals surface area contributed by atoms with Gasteiger partial charge in [-0.2, -0.15) is 0 Å². The molecule has 3 rings (SSSR count). The fraction of sp³-hybridized carbons (Fsp3) is 0.500. The molecule has 5 nitrogen and oxygen atoms in total. The van der Waals surface area contributed by atoms with Crippen LogP contribution in [-0.4, -0.2) is 55.3 Å². The van der Waals surface area contributed by atoms with Gasteiger partial charge in [0.25, 0.3) is 0 Å². The molecule has 1 aromatic carbocycles. The van der Waals surface area contributed by atoms with Crippen molar-refractivity contribution in [2.24, 2.45) is 4.99 Å². The lowest BCUT2D eigenvalue weighted by atomic mass is 10.1. The van der Waals surface area contributed by atoms with Crippen molar-refractivity contribution >= 4 is 23.0 Å². The molecule has 0 aliphatic carbocycles. The van der Waals surface area contributed by atoms with E-state index in [-0.39, 0.29) is 11.9 Å². The summed E-state index contributed by atoms with van der Waals surface area (Å²) in [6, 6.07) is 9.59. The van der Waals surface area contributed by atoms with E-state index >= 15 is 0 Å². The van der Waals surface area contributed by atoms with Crippen LogP contribution in [0.1, 0.15) is 30.2 Å². The Kier molecular flexibility index (Phi) is 7.89. The summed E-state index contributed by atoms with van der Waals surface area (Å²) in [6.45, 7) is 5.52. The summed E-state index contributed by atoms with van der Waals surface area (Å²) >= 11 is 1.77. The second-order valence-corrected chi connectivity index (χ2v) is 8.46. The summed E-state index contributed by atoms with van der Waals surface area (Å²) in [4.78, 5) is 10.2. The molecule has 0 amide bonds. The van der Waals surface area contributed by atoms with E-state index in [1.54, 1.807) is 17.4 Å². The Hall–Kier alpha value is -2.12. The number of aliphatic hydroxyl groups excluding tert-OH is 1. The number of likely N-dealkylation sites (N-methyl/N-ethyl adjacent to an activating group) is 1. The first-order valence-electron chi connectivity index (χ1n) is 10.3. The zero-order chi connectivity index (χ0) is 20.6. The number of nitrogens with zero attached hydrogens (tertiary/aromatic N) is 3. The molecular formula is C22H31FN4OS. The second kappa shape index (κ2) is 10.6. The molecule has 1 aliphatic heterocycles. The number of hydrogen-bond donors (Lipinski definition) is 2. The van der Waals surface area contributed by atoms with E-state index in [1.807, 2.05) is 31.0 Å². The first-order valence-corrected chi connectivity index (χ1v) is 11.2. The molecule has 1 fully saturated rings. The molecule has 7 heteroatoms. The van der Waals surface area contributed by atoms with Gasteiger partial charge >= 0.3 is 0 Å². The number of thiophene rings is 1. The molecule has 0 spiro atoms. The molecule has 2 heterocycles. The number of anilines is 1. The van der Waals surface area contributed by atoms with E-state index in [0.29, 0.717) is 38.2 Å². The number of rotatable bonds is 7. The van der Waals surface area contributed by atoms with Crippen molar-refractivity contribution in [2.45, 2.75) is 38.8 Å². The smallest absolute Gasteiger partial charge is 0.193 e. The molecule has 0 bridgehead atoms. The first kappa shape index (κ1) is 21.6. The quantitative estimate of drug-likeness (QED) is 0.534. The molecular weight excluding hydrogens is 387 g/mol. The third kappa shape index (κ3) is 6.18. The third-order valence-electron chi connectivity index (χ3n) is 5.20. The van der Waals surface area contributed by atoms with Gasteiger partial charge in [-0.3, -0.25) is 0 Å². The highest BCUT2D eigenvalue weighted by atomic mass is 32.1. The molecule has 0 atom stereocenters. The van der Waals surface area contributed by atoms with Crippen molar-refractivity contribution in [1.82, 2.24) is 10.2 Å². The fourth-order valence-corrected chi connectivity index (χ4v) is 4.18. The maximum absolute atomic E-state index is 14.7. The van der Waals surface area contributed by atoms with E-state index in [9.17, 15) is 9.50 Å². The van der Waals surface area contributed by atoms with E-state index in [0.717, 1.165) is 31.0 Å². The molecule has 158 valence electrons. The average Bonchev–Trinajstić information content (AvgIpc) is 3.24. The van der Waals surface area contributed by atoms with E-state index in [2.05, 4.69) is 27.7 Å². The number of aliphatic hydroxyl groups is 1. The molecule has 1 aliphatic rings. The summed E-state index contributed by atoms with van der Waals surface area (Å²) in [5, 5.41) is 15.1. The van der Waals surface area contributed by atoms with Gasteiger partial charge in [-0.05, 0) is 55.3 Å². The van der Waals surface area contributed by atoms with Crippen molar-refractivity contribution in [3.63, 3.8) is 0 Å². The Balaban J connectivity index is 1.61. The van der Waals surface area contributed by atoms with E-state index < -0.39 is 0 Å². The van der Waals surface area contributed by atoms with Gasteiger partial charge in [0.15, 0.2) is 5.96 Å². The van der Waals surface area contributed by atoms with Crippen LogP contribution in [0, 0.1) is 5.82 Å². The third-order valence-corrected chi connectivity index (χ3v) is 6.14. The maximum Gasteiger partial charge on any atom is 0.193 e. The van der Waals surface area contributed by atoms with Gasteiger partial charge in [0.2, 0.25) is 0 Å². The SMILES string of the molecule is CCNC(=NCc1ccc(N2CCC(O)CC2)c(F)c1)N(C)CCc1cccs1. The van der Waals surface area contributed by atoms with Crippen LogP contribution in [0.2, 0.25) is 0 Å². The minimum absolute atomic E-state index is 0.217. The van der Waals surface area contributed by atoms with Crippen molar-refractivity contribution in [3.8, 4) is 0 Å². The highest BCUT2D eigenvalue weighted by molar-refractivity contribution is 7.09. The summed E-state index contributed by atoms with van der Waals surface area (Å²) in [5.74, 6) is 0.615. The van der Waals surface area contributed by atoms with Gasteiger partial charge < -0.3 is 20.2 Å². The van der Waals surface area contributed by atoms with Crippen LogP contribution >= 0.6 is 11.3 Å². The van der Waals surface area contributed by atoms with Crippen LogP contribution in [0.4, 0.5) is 10.1 Å². The van der Waals surface area contributed by atoms with Gasteiger partial charge in [-0.15, -0.1) is 11.3 Å². The monoisotopic (exact) mass is 418 g/mol. The Labute approximate surface area is 176 Å². The largest absolute Gasteiger partial charge is 0.393 e. The predicted octanol–water partition coefficient (Wildman–Crippen LogP) is 3.49. The normalized spacial score (nSPS) is 15.6. The van der Waals surface area contributed by atoms with Gasteiger partial charge in [-0.25, -0.2) is 9.38 Å². The van der Waals surface area contributed by atoms with Gasteiger partial charge in [0, 0.05) is 38.1 Å². The number of aliphatic imine (C=N–C) groups is 1. The number of benzene rings is 1. The zero-order valence-corrected chi connectivity index (χ0v) is 18.1. The second-order valence-electron chi connectivity index (χ2n) is 7.43. The Morgan fingerprint density at radius 2 is 2.14 bits per heavy atom. The minimum atomic E-state index is -0.260. The van der Waals surface area contributed by atoms with Crippen LogP contribution < -0.4 is 10.2 Å². The lowest BCUT2D eigenvalue weighted by Crippen LogP contribution is -2.39. The molecule has 0 radical (unpaired) electrons. The maximum atomic E-state index is 14.7. The topological polar surface area (TPSA) is 51.1 Å². The number of hydrogen-bond acceptors (Lipinski definition) is 4. The van der Waals surface area contributed by atoms with Crippen LogP contribution in [0.5, 0.6) is 0 Å². The Bertz CT molecular complexity index is 788. The van der Waals surface area contributed by atoms with Crippen LogP contribution in [0.3, 0.4) is 0 Å².